The van der Waals surface area contributed by atoms with Crippen molar-refractivity contribution in [2.75, 3.05) is 0 Å². The van der Waals surface area contributed by atoms with Crippen LogP contribution in [-0.2, 0) is 9.53 Å². The highest BCUT2D eigenvalue weighted by molar-refractivity contribution is 5.66. The van der Waals surface area contributed by atoms with Crippen LogP contribution in [0.15, 0.2) is 24.3 Å². The van der Waals surface area contributed by atoms with E-state index in [1.54, 1.807) is 0 Å². The fourth-order valence-electron chi connectivity index (χ4n) is 4.19. The number of ether oxygens (including phenoxy) is 1. The van der Waals surface area contributed by atoms with Crippen LogP contribution in [0.2, 0.25) is 0 Å². The molecule has 3 nitrogen and oxygen atoms in total. The fourth-order valence-corrected chi connectivity index (χ4v) is 4.19. The number of allylic oxidation sites excluding steroid dienone is 4. The highest BCUT2D eigenvalue weighted by atomic mass is 16.5. The summed E-state index contributed by atoms with van der Waals surface area (Å²) in [5, 5.41) is 8.65. The minimum absolute atomic E-state index is 0.272. The lowest BCUT2D eigenvalue weighted by Gasteiger charge is -2.26. The predicted octanol–water partition coefficient (Wildman–Crippen LogP) is 5.51. The van der Waals surface area contributed by atoms with Crippen molar-refractivity contribution in [3.05, 3.63) is 24.3 Å². The van der Waals surface area contributed by atoms with Gasteiger partial charge in [0.05, 0.1) is 12.2 Å². The standard InChI is InChI=1S/C21H34O3/c1-2-3-4-5-6-9-12-17-18(20-16-15-19(17)24-20)13-10-7-8-11-14-21(22)23/h5-7,10,17-20H,2-4,8-9,11-16H2,1H3,(H,22,23)/b6-5-,10-7-/t17-,18+,19-,20+/m1/s1. The van der Waals surface area contributed by atoms with Crippen LogP contribution in [0.1, 0.15) is 77.6 Å². The highest BCUT2D eigenvalue weighted by Gasteiger charge is 2.47. The van der Waals surface area contributed by atoms with Crippen LogP contribution in [0.4, 0.5) is 0 Å². The zero-order valence-corrected chi connectivity index (χ0v) is 15.2. The summed E-state index contributed by atoms with van der Waals surface area (Å²) in [6, 6.07) is 0. The first kappa shape index (κ1) is 19.2. The van der Waals surface area contributed by atoms with Gasteiger partial charge in [-0.3, -0.25) is 4.79 Å². The summed E-state index contributed by atoms with van der Waals surface area (Å²) < 4.78 is 6.17. The van der Waals surface area contributed by atoms with Gasteiger partial charge in [0.15, 0.2) is 0 Å². The smallest absolute Gasteiger partial charge is 0.303 e. The summed E-state index contributed by atoms with van der Waals surface area (Å²) in [6.45, 7) is 2.24. The first-order valence-corrected chi connectivity index (χ1v) is 9.89. The van der Waals surface area contributed by atoms with E-state index >= 15 is 0 Å². The zero-order chi connectivity index (χ0) is 17.2. The first-order valence-electron chi connectivity index (χ1n) is 9.89. The molecule has 2 bridgehead atoms. The van der Waals surface area contributed by atoms with E-state index in [-0.39, 0.29) is 6.42 Å². The Balaban J connectivity index is 1.70. The molecule has 0 aromatic heterocycles. The number of unbranched alkanes of at least 4 members (excludes halogenated alkanes) is 3. The highest BCUT2D eigenvalue weighted by Crippen LogP contribution is 2.47. The Kier molecular flexibility index (Phi) is 8.58. The van der Waals surface area contributed by atoms with Gasteiger partial charge >= 0.3 is 5.97 Å². The molecule has 2 rings (SSSR count). The molecule has 0 aliphatic carbocycles. The Hall–Kier alpha value is -1.09. The number of carboxylic acids is 1. The molecule has 0 saturated carbocycles. The van der Waals surface area contributed by atoms with Crippen molar-refractivity contribution in [2.24, 2.45) is 11.8 Å². The first-order chi connectivity index (χ1) is 11.7. The summed E-state index contributed by atoms with van der Waals surface area (Å²) in [5.41, 5.74) is 0. The minimum Gasteiger partial charge on any atom is -0.481 e. The lowest BCUT2D eigenvalue weighted by Crippen LogP contribution is -2.26. The molecule has 0 radical (unpaired) electrons. The molecule has 0 aromatic rings. The summed E-state index contributed by atoms with van der Waals surface area (Å²) >= 11 is 0. The SMILES string of the molecule is CCCC/C=C\CC[C@@H]1[C@H](C/C=C\CCCC(=O)O)[C@@H]2CC[C@H]1O2. The van der Waals surface area contributed by atoms with Gasteiger partial charge in [-0.1, -0.05) is 44.1 Å². The molecule has 2 fully saturated rings. The van der Waals surface area contributed by atoms with E-state index < -0.39 is 5.97 Å². The Morgan fingerprint density at radius 3 is 2.42 bits per heavy atom. The molecule has 0 aromatic carbocycles. The number of carbonyl (C=O) groups is 1. The molecule has 2 aliphatic heterocycles. The molecule has 2 saturated heterocycles. The number of hydrogen-bond acceptors (Lipinski definition) is 2. The molecule has 24 heavy (non-hydrogen) atoms. The second-order valence-electron chi connectivity index (χ2n) is 7.30. The average Bonchev–Trinajstić information content (AvgIpc) is 3.15. The molecule has 2 aliphatic rings. The van der Waals surface area contributed by atoms with Crippen molar-refractivity contribution in [1.82, 2.24) is 0 Å². The molecule has 1 N–H and O–H groups in total. The number of carboxylic acid groups (broad SMARTS) is 1. The van der Waals surface area contributed by atoms with E-state index in [4.69, 9.17) is 9.84 Å². The maximum atomic E-state index is 10.5. The van der Waals surface area contributed by atoms with E-state index in [0.717, 1.165) is 19.3 Å². The van der Waals surface area contributed by atoms with Gasteiger partial charge in [-0.05, 0) is 63.2 Å². The van der Waals surface area contributed by atoms with Gasteiger partial charge < -0.3 is 9.84 Å². The van der Waals surface area contributed by atoms with Gasteiger partial charge in [0.2, 0.25) is 0 Å². The lowest BCUT2D eigenvalue weighted by atomic mass is 9.75. The van der Waals surface area contributed by atoms with Crippen LogP contribution in [0.5, 0.6) is 0 Å². The maximum Gasteiger partial charge on any atom is 0.303 e. The Morgan fingerprint density at radius 2 is 1.67 bits per heavy atom. The predicted molar refractivity (Wildman–Crippen MR) is 98.0 cm³/mol. The quantitative estimate of drug-likeness (QED) is 0.378. The third-order valence-corrected chi connectivity index (χ3v) is 5.48. The van der Waals surface area contributed by atoms with Gasteiger partial charge in [-0.15, -0.1) is 0 Å². The monoisotopic (exact) mass is 334 g/mol. The molecule has 0 amide bonds. The van der Waals surface area contributed by atoms with Crippen molar-refractivity contribution in [3.63, 3.8) is 0 Å². The molecular formula is C21H34O3. The number of hydrogen-bond donors (Lipinski definition) is 1. The van der Waals surface area contributed by atoms with Crippen LogP contribution in [0.3, 0.4) is 0 Å². The van der Waals surface area contributed by atoms with Crippen molar-refractivity contribution in [2.45, 2.75) is 89.8 Å². The molecule has 2 heterocycles. The van der Waals surface area contributed by atoms with Crippen molar-refractivity contribution in [3.8, 4) is 0 Å². The number of fused-ring (bicyclic) bond motifs is 2. The molecule has 0 unspecified atom stereocenters. The molecule has 0 spiro atoms. The van der Waals surface area contributed by atoms with Gasteiger partial charge in [0.25, 0.3) is 0 Å². The van der Waals surface area contributed by atoms with E-state index in [2.05, 4.69) is 31.2 Å². The Bertz CT molecular complexity index is 427. The zero-order valence-electron chi connectivity index (χ0n) is 15.2. The Labute approximate surface area is 147 Å². The van der Waals surface area contributed by atoms with Crippen LogP contribution >= 0.6 is 0 Å². The summed E-state index contributed by atoms with van der Waals surface area (Å²) in [6.07, 6.45) is 21.8. The van der Waals surface area contributed by atoms with E-state index in [1.165, 1.54) is 44.9 Å². The van der Waals surface area contributed by atoms with Crippen LogP contribution in [0.25, 0.3) is 0 Å². The molecule has 4 atom stereocenters. The van der Waals surface area contributed by atoms with Gasteiger partial charge in [0.1, 0.15) is 0 Å². The van der Waals surface area contributed by atoms with Crippen LogP contribution in [-0.4, -0.2) is 23.3 Å². The van der Waals surface area contributed by atoms with Gasteiger partial charge in [-0.25, -0.2) is 0 Å². The summed E-state index contributed by atoms with van der Waals surface area (Å²) in [4.78, 5) is 10.5. The second kappa shape index (κ2) is 10.7. The average molecular weight is 335 g/mol. The minimum atomic E-state index is -0.697. The van der Waals surface area contributed by atoms with E-state index in [0.29, 0.717) is 24.0 Å². The number of rotatable bonds is 12. The third-order valence-electron chi connectivity index (χ3n) is 5.48. The molecule has 136 valence electrons. The largest absolute Gasteiger partial charge is 0.481 e. The second-order valence-corrected chi connectivity index (χ2v) is 7.30. The van der Waals surface area contributed by atoms with Crippen molar-refractivity contribution < 1.29 is 14.6 Å². The fraction of sp³-hybridized carbons (Fsp3) is 0.762. The summed E-state index contributed by atoms with van der Waals surface area (Å²) in [5.74, 6) is 0.684. The van der Waals surface area contributed by atoms with Gasteiger partial charge in [-0.2, -0.15) is 0 Å². The van der Waals surface area contributed by atoms with Crippen molar-refractivity contribution >= 4 is 5.97 Å². The lowest BCUT2D eigenvalue weighted by molar-refractivity contribution is -0.137. The molecular weight excluding hydrogens is 300 g/mol. The van der Waals surface area contributed by atoms with Crippen LogP contribution < -0.4 is 0 Å². The van der Waals surface area contributed by atoms with E-state index in [9.17, 15) is 4.79 Å². The van der Waals surface area contributed by atoms with E-state index in [1.807, 2.05) is 0 Å². The third kappa shape index (κ3) is 6.08. The molecule has 3 heteroatoms. The normalized spacial score (nSPS) is 29.2. The number of aliphatic carboxylic acids is 1. The van der Waals surface area contributed by atoms with Crippen LogP contribution in [0, 0.1) is 11.8 Å². The maximum absolute atomic E-state index is 10.5. The topological polar surface area (TPSA) is 46.5 Å². The Morgan fingerprint density at radius 1 is 1.00 bits per heavy atom. The summed E-state index contributed by atoms with van der Waals surface area (Å²) in [7, 11) is 0. The van der Waals surface area contributed by atoms with Gasteiger partial charge in [0, 0.05) is 6.42 Å². The van der Waals surface area contributed by atoms with Crippen molar-refractivity contribution in [1.29, 1.82) is 0 Å².